The van der Waals surface area contributed by atoms with E-state index < -0.39 is 50.1 Å². The van der Waals surface area contributed by atoms with Gasteiger partial charge in [0.05, 0.1) is 33.1 Å². The Bertz CT molecular complexity index is 2250. The van der Waals surface area contributed by atoms with Gasteiger partial charge >= 0.3 is 20.7 Å². The number of aromatic amines is 1. The van der Waals surface area contributed by atoms with Gasteiger partial charge in [0.25, 0.3) is 0 Å². The van der Waals surface area contributed by atoms with Crippen molar-refractivity contribution >= 4 is 65.0 Å². The third-order valence-corrected chi connectivity index (χ3v) is 9.64. The van der Waals surface area contributed by atoms with Crippen molar-refractivity contribution in [1.82, 2.24) is 24.4 Å². The number of nitrogens with one attached hydrogen (secondary N) is 1. The molecule has 49 heavy (non-hydrogen) atoms. The molecule has 256 valence electrons. The molecule has 6 heterocycles. The number of halogens is 2. The number of aromatic carboxylic acids is 1. The maximum atomic E-state index is 16.1. The number of carbonyl (C=O) groups is 2. The van der Waals surface area contributed by atoms with E-state index in [4.69, 9.17) is 14.5 Å². The van der Waals surface area contributed by atoms with Crippen molar-refractivity contribution in [1.29, 1.82) is 0 Å². The fourth-order valence-corrected chi connectivity index (χ4v) is 7.28. The summed E-state index contributed by atoms with van der Waals surface area (Å²) in [4.78, 5) is 73.2. The van der Waals surface area contributed by atoms with Gasteiger partial charge in [-0.15, -0.1) is 0 Å². The van der Waals surface area contributed by atoms with E-state index in [-0.39, 0.29) is 44.7 Å². The average molecular weight is 698 g/mol. The number of nitrogens with zero attached hydrogens (tertiary/aromatic N) is 6. The number of anilines is 2. The second-order valence-corrected chi connectivity index (χ2v) is 13.0. The predicted molar refractivity (Wildman–Crippen MR) is 175 cm³/mol. The van der Waals surface area contributed by atoms with Gasteiger partial charge in [-0.1, -0.05) is 0 Å². The molecule has 1 amide bonds. The highest BCUT2D eigenvalue weighted by atomic mass is 31.2. The van der Waals surface area contributed by atoms with Gasteiger partial charge in [0.1, 0.15) is 16.9 Å². The Morgan fingerprint density at radius 2 is 1.92 bits per heavy atom. The smallest absolute Gasteiger partial charge is 0.416 e. The van der Waals surface area contributed by atoms with Gasteiger partial charge < -0.3 is 39.0 Å². The number of pyridine rings is 3. The van der Waals surface area contributed by atoms with Crippen LogP contribution in [0.2, 0.25) is 0 Å². The van der Waals surface area contributed by atoms with Gasteiger partial charge in [0.15, 0.2) is 11.6 Å². The van der Waals surface area contributed by atoms with Crippen molar-refractivity contribution in [2.75, 3.05) is 50.3 Å². The largest absolute Gasteiger partial charge is 0.477 e. The van der Waals surface area contributed by atoms with Crippen molar-refractivity contribution in [3.63, 3.8) is 0 Å². The Labute approximate surface area is 276 Å². The molecule has 0 radical (unpaired) electrons. The first kappa shape index (κ1) is 32.7. The van der Waals surface area contributed by atoms with Crippen LogP contribution in [0.1, 0.15) is 16.8 Å². The molecule has 18 heteroatoms. The van der Waals surface area contributed by atoms with Gasteiger partial charge in [-0.2, -0.15) is 0 Å². The number of carboxylic acid groups (broad SMARTS) is 1. The molecule has 2 fully saturated rings. The highest BCUT2D eigenvalue weighted by molar-refractivity contribution is 7.39. The van der Waals surface area contributed by atoms with Crippen LogP contribution in [0.15, 0.2) is 35.5 Å². The Kier molecular flexibility index (Phi) is 8.19. The highest BCUT2D eigenvalue weighted by Gasteiger charge is 2.42. The van der Waals surface area contributed by atoms with E-state index in [1.807, 2.05) is 7.05 Å². The number of aryl methyl sites for hydroxylation is 1. The fraction of sp³-hybridized carbons (Fsp3) is 0.323. The lowest BCUT2D eigenvalue weighted by Gasteiger charge is -2.29. The number of likely N-dealkylation sites (N-methyl/N-ethyl adjacent to an activating group) is 1. The normalized spacial score (nSPS) is 17.9. The number of hydrogen-bond donors (Lipinski definition) is 4. The monoisotopic (exact) mass is 697 g/mol. The molecule has 15 nitrogen and oxygen atoms in total. The van der Waals surface area contributed by atoms with Crippen LogP contribution < -0.4 is 15.2 Å². The lowest BCUT2D eigenvalue weighted by Crippen LogP contribution is -2.35. The number of amides is 1. The zero-order valence-corrected chi connectivity index (χ0v) is 27.2. The van der Waals surface area contributed by atoms with E-state index in [1.54, 1.807) is 13.2 Å². The molecular formula is C31H30F2N7O8P. The number of benzene rings is 1. The summed E-state index contributed by atoms with van der Waals surface area (Å²) in [6.07, 6.45) is 4.06. The predicted octanol–water partition coefficient (Wildman–Crippen LogP) is 3.51. The standard InChI is InChI=1S/C31H30F2N7O8P/c1-37-10-14-4-5-40(21(14)12-37)26-17(15-6-16-27(41)18(30(42)43)11-38(2)29(16)35-8-15)9-34-28-23(26)22-24(33)19(32)7-20(25(22)36-28)39(3)31(44)47-13-48-49(45)46/h6-9,11,14,21,45-46H,4-5,10,12-13H2,1-3H3,(H,34,36)(H,42,43)/t14-,21+/m0/s1. The van der Waals surface area contributed by atoms with Crippen LogP contribution in [0.5, 0.6) is 0 Å². The third kappa shape index (κ3) is 5.43. The summed E-state index contributed by atoms with van der Waals surface area (Å²) in [6, 6.07) is 2.38. The topological polar surface area (TPSA) is 187 Å². The van der Waals surface area contributed by atoms with Crippen LogP contribution in [-0.2, 0) is 16.3 Å². The number of rotatable bonds is 7. The minimum Gasteiger partial charge on any atom is -0.477 e. The Hall–Kier alpha value is -4.80. The maximum Gasteiger partial charge on any atom is 0.416 e. The van der Waals surface area contributed by atoms with Crippen molar-refractivity contribution in [3.8, 4) is 11.1 Å². The van der Waals surface area contributed by atoms with E-state index in [2.05, 4.69) is 29.3 Å². The summed E-state index contributed by atoms with van der Waals surface area (Å²) in [5.74, 6) is -3.52. The zero-order chi connectivity index (χ0) is 34.9. The number of carboxylic acids is 1. The Morgan fingerprint density at radius 1 is 1.14 bits per heavy atom. The fourth-order valence-electron chi connectivity index (χ4n) is 7.13. The van der Waals surface area contributed by atoms with Gasteiger partial charge in [0.2, 0.25) is 12.2 Å². The molecule has 2 aliphatic rings. The van der Waals surface area contributed by atoms with E-state index in [0.717, 1.165) is 23.9 Å². The van der Waals surface area contributed by atoms with Crippen molar-refractivity contribution in [2.45, 2.75) is 12.5 Å². The molecule has 2 aliphatic heterocycles. The summed E-state index contributed by atoms with van der Waals surface area (Å²) in [5, 5.41) is 9.78. The number of ether oxygens (including phenoxy) is 1. The van der Waals surface area contributed by atoms with Crippen LogP contribution in [-0.4, -0.2) is 97.9 Å². The molecule has 0 aliphatic carbocycles. The van der Waals surface area contributed by atoms with E-state index >= 15 is 8.78 Å². The number of hydrogen-bond acceptors (Lipinski definition) is 11. The van der Waals surface area contributed by atoms with Gasteiger partial charge in [-0.3, -0.25) is 14.2 Å². The zero-order valence-electron chi connectivity index (χ0n) is 26.3. The first-order valence-electron chi connectivity index (χ1n) is 15.1. The lowest BCUT2D eigenvalue weighted by atomic mass is 9.99. The number of likely N-dealkylation sites (tertiary alicyclic amines) is 1. The highest BCUT2D eigenvalue weighted by Crippen LogP contribution is 2.47. The summed E-state index contributed by atoms with van der Waals surface area (Å²) >= 11 is 0. The molecular weight excluding hydrogens is 667 g/mol. The first-order chi connectivity index (χ1) is 23.3. The average Bonchev–Trinajstić information content (AvgIpc) is 3.75. The van der Waals surface area contributed by atoms with Gasteiger partial charge in [0, 0.05) is 75.6 Å². The number of aromatic nitrogens is 4. The molecule has 0 unspecified atom stereocenters. The van der Waals surface area contributed by atoms with E-state index in [9.17, 15) is 19.5 Å². The summed E-state index contributed by atoms with van der Waals surface area (Å²) in [6.45, 7) is 1.35. The summed E-state index contributed by atoms with van der Waals surface area (Å²) < 4.78 is 42.4. The summed E-state index contributed by atoms with van der Waals surface area (Å²) in [5.41, 5.74) is 0.647. The number of carbonyl (C=O) groups excluding carboxylic acids is 1. The molecule has 2 atom stereocenters. The van der Waals surface area contributed by atoms with Gasteiger partial charge in [-0.05, 0) is 25.5 Å². The molecule has 0 bridgehead atoms. The first-order valence-corrected chi connectivity index (χ1v) is 16.2. The lowest BCUT2D eigenvalue weighted by molar-refractivity contribution is 0.0568. The van der Waals surface area contributed by atoms with E-state index in [0.29, 0.717) is 35.8 Å². The molecule has 2 saturated heterocycles. The minimum absolute atomic E-state index is 0.0106. The van der Waals surface area contributed by atoms with E-state index in [1.165, 1.54) is 30.1 Å². The van der Waals surface area contributed by atoms with Crippen LogP contribution in [0.25, 0.3) is 44.1 Å². The molecule has 4 N–H and O–H groups in total. The van der Waals surface area contributed by atoms with Crippen LogP contribution in [0.3, 0.4) is 0 Å². The van der Waals surface area contributed by atoms with Crippen LogP contribution >= 0.6 is 8.60 Å². The minimum atomic E-state index is -2.79. The Morgan fingerprint density at radius 3 is 2.65 bits per heavy atom. The second-order valence-electron chi connectivity index (χ2n) is 12.2. The SMILES string of the molecule is CN1C[C@@H]2CCN(c3c(-c4cnc5c(c4)c(=O)c(C(=O)O)cn5C)cnc4[nH]c5c(N(C)C(=O)OCOP(O)O)cc(F)c(F)c5c34)[C@@H]2C1. The molecule has 4 aromatic heterocycles. The van der Waals surface area contributed by atoms with Crippen molar-refractivity contribution in [3.05, 3.63) is 58.1 Å². The van der Waals surface area contributed by atoms with Crippen molar-refractivity contribution < 1.29 is 42.5 Å². The molecule has 5 aromatic rings. The number of H-pyrrole nitrogens is 1. The molecule has 1 aromatic carbocycles. The summed E-state index contributed by atoms with van der Waals surface area (Å²) in [7, 11) is 2.07. The van der Waals surface area contributed by atoms with Crippen molar-refractivity contribution in [2.24, 2.45) is 13.0 Å². The van der Waals surface area contributed by atoms with Crippen LogP contribution in [0.4, 0.5) is 25.0 Å². The second kappa shape index (κ2) is 12.3. The molecule has 7 rings (SSSR count). The Balaban J connectivity index is 1.48. The third-order valence-electron chi connectivity index (χ3n) is 9.30. The maximum absolute atomic E-state index is 16.1. The number of fused-ring (bicyclic) bond motifs is 5. The quantitative estimate of drug-likeness (QED) is 0.144. The molecule has 0 saturated carbocycles. The molecule has 0 spiro atoms. The van der Waals surface area contributed by atoms with Gasteiger partial charge in [-0.25, -0.2) is 28.3 Å². The van der Waals surface area contributed by atoms with Crippen LogP contribution in [0, 0.1) is 17.6 Å².